The SMILES string of the molecule is CNC(=O)CCCN1CCN(C(C)(C)CN)CC1. The standard InChI is InChI=1S/C13H28N4O/c1-13(2,11-14)17-9-7-16(8-10-17)6-4-5-12(18)15-3/h4-11,14H2,1-3H3,(H,15,18). The molecule has 5 nitrogen and oxygen atoms in total. The average molecular weight is 256 g/mol. The zero-order valence-corrected chi connectivity index (χ0v) is 12.0. The highest BCUT2D eigenvalue weighted by molar-refractivity contribution is 5.75. The molecule has 0 bridgehead atoms. The Balaban J connectivity index is 2.21. The van der Waals surface area contributed by atoms with Gasteiger partial charge in [0.2, 0.25) is 5.91 Å². The van der Waals surface area contributed by atoms with Gasteiger partial charge in [0.1, 0.15) is 0 Å². The van der Waals surface area contributed by atoms with Gasteiger partial charge in [-0.05, 0) is 26.8 Å². The van der Waals surface area contributed by atoms with E-state index in [0.29, 0.717) is 13.0 Å². The van der Waals surface area contributed by atoms with E-state index in [2.05, 4.69) is 29.0 Å². The lowest BCUT2D eigenvalue weighted by molar-refractivity contribution is -0.120. The van der Waals surface area contributed by atoms with Crippen molar-refractivity contribution >= 4 is 5.91 Å². The van der Waals surface area contributed by atoms with Gasteiger partial charge in [-0.3, -0.25) is 9.69 Å². The quantitative estimate of drug-likeness (QED) is 0.695. The first-order valence-electron chi connectivity index (χ1n) is 6.87. The topological polar surface area (TPSA) is 61.6 Å². The van der Waals surface area contributed by atoms with E-state index in [0.717, 1.165) is 39.1 Å². The van der Waals surface area contributed by atoms with E-state index in [-0.39, 0.29) is 11.4 Å². The number of hydrogen-bond acceptors (Lipinski definition) is 4. The molecule has 0 unspecified atom stereocenters. The molecule has 18 heavy (non-hydrogen) atoms. The van der Waals surface area contributed by atoms with Crippen LogP contribution >= 0.6 is 0 Å². The van der Waals surface area contributed by atoms with Crippen LogP contribution in [0.3, 0.4) is 0 Å². The Morgan fingerprint density at radius 1 is 1.28 bits per heavy atom. The van der Waals surface area contributed by atoms with E-state index in [1.165, 1.54) is 0 Å². The molecule has 0 aliphatic carbocycles. The minimum Gasteiger partial charge on any atom is -0.359 e. The van der Waals surface area contributed by atoms with Crippen LogP contribution in [0.1, 0.15) is 26.7 Å². The maximum Gasteiger partial charge on any atom is 0.219 e. The van der Waals surface area contributed by atoms with Gasteiger partial charge in [0.25, 0.3) is 0 Å². The monoisotopic (exact) mass is 256 g/mol. The predicted molar refractivity (Wildman–Crippen MR) is 74.4 cm³/mol. The Labute approximate surface area is 111 Å². The second-order valence-electron chi connectivity index (χ2n) is 5.62. The maximum absolute atomic E-state index is 11.1. The zero-order chi connectivity index (χ0) is 13.6. The van der Waals surface area contributed by atoms with Crippen LogP contribution in [0, 0.1) is 0 Å². The molecule has 0 aromatic rings. The molecule has 0 saturated carbocycles. The summed E-state index contributed by atoms with van der Waals surface area (Å²) in [7, 11) is 1.69. The average Bonchev–Trinajstić information content (AvgIpc) is 2.39. The maximum atomic E-state index is 11.1. The summed E-state index contributed by atoms with van der Waals surface area (Å²) in [6, 6.07) is 0. The van der Waals surface area contributed by atoms with Crippen LogP contribution < -0.4 is 11.1 Å². The summed E-state index contributed by atoms with van der Waals surface area (Å²) in [5, 5.41) is 2.66. The molecule has 0 aromatic heterocycles. The Hall–Kier alpha value is -0.650. The smallest absolute Gasteiger partial charge is 0.219 e. The first kappa shape index (κ1) is 15.4. The van der Waals surface area contributed by atoms with Crippen LogP contribution in [0.15, 0.2) is 0 Å². The molecule has 0 radical (unpaired) electrons. The number of nitrogens with zero attached hydrogens (tertiary/aromatic N) is 2. The normalized spacial score (nSPS) is 18.9. The molecule has 3 N–H and O–H groups in total. The third kappa shape index (κ3) is 4.55. The molecule has 1 amide bonds. The highest BCUT2D eigenvalue weighted by Gasteiger charge is 2.28. The van der Waals surface area contributed by atoms with Gasteiger partial charge in [-0.2, -0.15) is 0 Å². The molecule has 1 aliphatic heterocycles. The molecule has 5 heteroatoms. The molecule has 1 heterocycles. The fourth-order valence-electron chi connectivity index (χ4n) is 2.29. The molecule has 0 atom stereocenters. The third-order valence-corrected chi connectivity index (χ3v) is 3.88. The number of carbonyl (C=O) groups excluding carboxylic acids is 1. The Morgan fingerprint density at radius 2 is 1.89 bits per heavy atom. The number of hydrogen-bond donors (Lipinski definition) is 2. The first-order valence-corrected chi connectivity index (χ1v) is 6.87. The summed E-state index contributed by atoms with van der Waals surface area (Å²) in [5.41, 5.74) is 5.91. The van der Waals surface area contributed by atoms with Crippen molar-refractivity contribution in [3.05, 3.63) is 0 Å². The van der Waals surface area contributed by atoms with Crippen molar-refractivity contribution in [3.8, 4) is 0 Å². The van der Waals surface area contributed by atoms with Crippen molar-refractivity contribution in [1.29, 1.82) is 0 Å². The summed E-state index contributed by atoms with van der Waals surface area (Å²) < 4.78 is 0. The number of nitrogens with two attached hydrogens (primary N) is 1. The molecule has 0 spiro atoms. The lowest BCUT2D eigenvalue weighted by Crippen LogP contribution is -2.57. The van der Waals surface area contributed by atoms with Crippen LogP contribution in [0.5, 0.6) is 0 Å². The third-order valence-electron chi connectivity index (χ3n) is 3.88. The van der Waals surface area contributed by atoms with Crippen LogP contribution in [0.4, 0.5) is 0 Å². The largest absolute Gasteiger partial charge is 0.359 e. The van der Waals surface area contributed by atoms with E-state index in [1.807, 2.05) is 0 Å². The molecule has 1 fully saturated rings. The summed E-state index contributed by atoms with van der Waals surface area (Å²) in [5.74, 6) is 0.137. The molecule has 1 saturated heterocycles. The van der Waals surface area contributed by atoms with Crippen molar-refractivity contribution in [2.24, 2.45) is 5.73 Å². The van der Waals surface area contributed by atoms with E-state index in [9.17, 15) is 4.79 Å². The Bertz CT molecular complexity index is 260. The van der Waals surface area contributed by atoms with Crippen molar-refractivity contribution in [1.82, 2.24) is 15.1 Å². The molecule has 1 aliphatic rings. The summed E-state index contributed by atoms with van der Waals surface area (Å²) in [6.07, 6.45) is 1.57. The fourth-order valence-corrected chi connectivity index (χ4v) is 2.29. The minimum absolute atomic E-state index is 0.105. The van der Waals surface area contributed by atoms with Crippen LogP contribution in [0.25, 0.3) is 0 Å². The van der Waals surface area contributed by atoms with Crippen molar-refractivity contribution < 1.29 is 4.79 Å². The molecule has 106 valence electrons. The summed E-state index contributed by atoms with van der Waals surface area (Å²) >= 11 is 0. The van der Waals surface area contributed by atoms with Crippen molar-refractivity contribution in [2.75, 3.05) is 46.3 Å². The minimum atomic E-state index is 0.105. The second kappa shape index (κ2) is 7.07. The predicted octanol–water partition coefficient (Wildman–Crippen LogP) is -0.132. The first-order chi connectivity index (χ1) is 8.49. The second-order valence-corrected chi connectivity index (χ2v) is 5.62. The number of carbonyl (C=O) groups is 1. The van der Waals surface area contributed by atoms with Crippen molar-refractivity contribution in [3.63, 3.8) is 0 Å². The van der Waals surface area contributed by atoms with E-state index in [4.69, 9.17) is 5.73 Å². The highest BCUT2D eigenvalue weighted by Crippen LogP contribution is 2.15. The van der Waals surface area contributed by atoms with Gasteiger partial charge < -0.3 is 16.0 Å². The Morgan fingerprint density at radius 3 is 2.39 bits per heavy atom. The van der Waals surface area contributed by atoms with Gasteiger partial charge in [0.05, 0.1) is 0 Å². The van der Waals surface area contributed by atoms with E-state index >= 15 is 0 Å². The molecule has 1 rings (SSSR count). The number of rotatable bonds is 6. The van der Waals surface area contributed by atoms with Gasteiger partial charge in [-0.25, -0.2) is 0 Å². The van der Waals surface area contributed by atoms with Gasteiger partial charge in [-0.15, -0.1) is 0 Å². The van der Waals surface area contributed by atoms with Gasteiger partial charge in [0, 0.05) is 51.7 Å². The number of nitrogens with one attached hydrogen (secondary N) is 1. The van der Waals surface area contributed by atoms with Crippen LogP contribution in [-0.4, -0.2) is 67.6 Å². The fraction of sp³-hybridized carbons (Fsp3) is 0.923. The van der Waals surface area contributed by atoms with Crippen molar-refractivity contribution in [2.45, 2.75) is 32.2 Å². The van der Waals surface area contributed by atoms with Crippen LogP contribution in [-0.2, 0) is 4.79 Å². The van der Waals surface area contributed by atoms with Crippen LogP contribution in [0.2, 0.25) is 0 Å². The van der Waals surface area contributed by atoms with Gasteiger partial charge >= 0.3 is 0 Å². The molecule has 0 aromatic carbocycles. The van der Waals surface area contributed by atoms with Gasteiger partial charge in [-0.1, -0.05) is 0 Å². The van der Waals surface area contributed by atoms with Gasteiger partial charge in [0.15, 0.2) is 0 Å². The zero-order valence-electron chi connectivity index (χ0n) is 12.0. The lowest BCUT2D eigenvalue weighted by Gasteiger charge is -2.43. The lowest BCUT2D eigenvalue weighted by atomic mass is 10.0. The summed E-state index contributed by atoms with van der Waals surface area (Å²) in [6.45, 7) is 10.4. The Kier molecular flexibility index (Phi) is 6.05. The summed E-state index contributed by atoms with van der Waals surface area (Å²) in [4.78, 5) is 16.0. The number of piperazine rings is 1. The molecular formula is C13H28N4O. The number of amides is 1. The molecular weight excluding hydrogens is 228 g/mol. The van der Waals surface area contributed by atoms with E-state index in [1.54, 1.807) is 7.05 Å². The highest BCUT2D eigenvalue weighted by atomic mass is 16.1. The van der Waals surface area contributed by atoms with E-state index < -0.39 is 0 Å².